The molecule has 0 heterocycles. The second-order valence-corrected chi connectivity index (χ2v) is 10.5. The lowest BCUT2D eigenvalue weighted by Gasteiger charge is -2.64. The Morgan fingerprint density at radius 3 is 2.50 bits per heavy atom. The van der Waals surface area contributed by atoms with Gasteiger partial charge in [0.2, 0.25) is 0 Å². The SMILES string of the molecule is CC1(C)CCC[C@]2(C)[C@@H]1CC[C@@]13C[C@@H](CC[C@H]12)[C@@](O)(CCl)C3. The molecule has 4 rings (SSSR count). The van der Waals surface area contributed by atoms with Crippen LogP contribution in [0.15, 0.2) is 0 Å². The minimum atomic E-state index is -0.566. The summed E-state index contributed by atoms with van der Waals surface area (Å²) in [6, 6.07) is 0. The highest BCUT2D eigenvalue weighted by Gasteiger charge is 2.66. The van der Waals surface area contributed by atoms with Gasteiger partial charge >= 0.3 is 0 Å². The third kappa shape index (κ3) is 1.88. The van der Waals surface area contributed by atoms with E-state index in [2.05, 4.69) is 20.8 Å². The molecule has 0 aromatic heterocycles. The van der Waals surface area contributed by atoms with Crippen LogP contribution in [0.2, 0.25) is 0 Å². The number of alkyl halides is 1. The number of rotatable bonds is 1. The number of halogens is 1. The first-order chi connectivity index (χ1) is 10.3. The lowest BCUT2D eigenvalue weighted by molar-refractivity contribution is -0.145. The Kier molecular flexibility index (Phi) is 3.34. The van der Waals surface area contributed by atoms with Crippen LogP contribution in [0.4, 0.5) is 0 Å². The molecule has 4 aliphatic carbocycles. The van der Waals surface area contributed by atoms with Gasteiger partial charge in [0.25, 0.3) is 0 Å². The van der Waals surface area contributed by atoms with Crippen LogP contribution >= 0.6 is 11.6 Å². The minimum Gasteiger partial charge on any atom is -0.388 e. The van der Waals surface area contributed by atoms with E-state index in [9.17, 15) is 5.11 Å². The molecular formula is C20H33ClO. The molecule has 0 aliphatic heterocycles. The van der Waals surface area contributed by atoms with Crippen molar-refractivity contribution in [3.05, 3.63) is 0 Å². The summed E-state index contributed by atoms with van der Waals surface area (Å²) >= 11 is 6.21. The van der Waals surface area contributed by atoms with Gasteiger partial charge in [-0.15, -0.1) is 11.6 Å². The lowest BCUT2D eigenvalue weighted by Crippen LogP contribution is -2.55. The largest absolute Gasteiger partial charge is 0.388 e. The molecule has 126 valence electrons. The summed E-state index contributed by atoms with van der Waals surface area (Å²) in [5, 5.41) is 11.1. The molecule has 2 heteroatoms. The van der Waals surface area contributed by atoms with Gasteiger partial charge < -0.3 is 5.11 Å². The Labute approximate surface area is 141 Å². The molecule has 0 saturated heterocycles. The van der Waals surface area contributed by atoms with Gasteiger partial charge in [0.05, 0.1) is 11.5 Å². The zero-order valence-electron chi connectivity index (χ0n) is 14.6. The van der Waals surface area contributed by atoms with E-state index in [0.29, 0.717) is 28.0 Å². The van der Waals surface area contributed by atoms with Gasteiger partial charge in [0.15, 0.2) is 0 Å². The Hall–Kier alpha value is 0.250. The van der Waals surface area contributed by atoms with Gasteiger partial charge in [-0.25, -0.2) is 0 Å². The van der Waals surface area contributed by atoms with E-state index >= 15 is 0 Å². The summed E-state index contributed by atoms with van der Waals surface area (Å²) in [7, 11) is 0. The number of hydrogen-bond donors (Lipinski definition) is 1. The molecular weight excluding hydrogens is 292 g/mol. The maximum Gasteiger partial charge on any atom is 0.0816 e. The highest BCUT2D eigenvalue weighted by atomic mass is 35.5. The fraction of sp³-hybridized carbons (Fsp3) is 1.00. The summed E-state index contributed by atoms with van der Waals surface area (Å²) in [5.41, 5.74) is 0.851. The molecule has 1 nitrogen and oxygen atoms in total. The van der Waals surface area contributed by atoms with Crippen molar-refractivity contribution in [1.29, 1.82) is 0 Å². The Balaban J connectivity index is 1.72. The molecule has 0 unspecified atom stereocenters. The normalized spacial score (nSPS) is 56.3. The maximum absolute atomic E-state index is 11.1. The van der Waals surface area contributed by atoms with Gasteiger partial charge in [-0.3, -0.25) is 0 Å². The zero-order valence-corrected chi connectivity index (χ0v) is 15.4. The van der Waals surface area contributed by atoms with Crippen molar-refractivity contribution < 1.29 is 5.11 Å². The molecule has 4 saturated carbocycles. The zero-order chi connectivity index (χ0) is 15.8. The summed E-state index contributed by atoms with van der Waals surface area (Å²) in [6.07, 6.45) is 11.7. The topological polar surface area (TPSA) is 20.2 Å². The molecule has 0 aromatic carbocycles. The number of aliphatic hydroxyl groups is 1. The molecule has 1 N–H and O–H groups in total. The first kappa shape index (κ1) is 15.8. The van der Waals surface area contributed by atoms with E-state index in [-0.39, 0.29) is 0 Å². The van der Waals surface area contributed by atoms with Crippen LogP contribution in [-0.2, 0) is 0 Å². The molecule has 22 heavy (non-hydrogen) atoms. The Morgan fingerprint density at radius 1 is 1.00 bits per heavy atom. The summed E-state index contributed by atoms with van der Waals surface area (Å²) < 4.78 is 0. The van der Waals surface area contributed by atoms with Gasteiger partial charge in [-0.1, -0.05) is 27.2 Å². The molecule has 4 fully saturated rings. The summed E-state index contributed by atoms with van der Waals surface area (Å²) in [4.78, 5) is 0. The fourth-order valence-electron chi connectivity index (χ4n) is 8.10. The van der Waals surface area contributed by atoms with Crippen LogP contribution in [0.1, 0.15) is 78.6 Å². The Bertz CT molecular complexity index is 474. The monoisotopic (exact) mass is 324 g/mol. The van der Waals surface area contributed by atoms with E-state index in [1.54, 1.807) is 0 Å². The van der Waals surface area contributed by atoms with Crippen molar-refractivity contribution in [2.45, 2.75) is 84.2 Å². The molecule has 0 amide bonds. The van der Waals surface area contributed by atoms with Crippen molar-refractivity contribution in [3.8, 4) is 0 Å². The van der Waals surface area contributed by atoms with Crippen molar-refractivity contribution in [1.82, 2.24) is 0 Å². The van der Waals surface area contributed by atoms with Gasteiger partial charge in [0.1, 0.15) is 0 Å². The third-order valence-corrected chi connectivity index (χ3v) is 9.31. The van der Waals surface area contributed by atoms with Crippen molar-refractivity contribution >= 4 is 11.6 Å². The first-order valence-electron chi connectivity index (χ1n) is 9.54. The highest BCUT2D eigenvalue weighted by molar-refractivity contribution is 6.18. The van der Waals surface area contributed by atoms with E-state index in [0.717, 1.165) is 18.3 Å². The van der Waals surface area contributed by atoms with Crippen LogP contribution in [0.5, 0.6) is 0 Å². The number of hydrogen-bond acceptors (Lipinski definition) is 1. The minimum absolute atomic E-state index is 0.408. The standard InChI is InChI=1S/C20H33ClO/c1-17(2)8-4-9-18(3)15(17)7-10-19-11-14(5-6-16(18)19)20(22,12-19)13-21/h14-16,22H,4-13H2,1-3H3/t14-,15-,16+,18-,19+,20+/m1/s1. The van der Waals surface area contributed by atoms with E-state index < -0.39 is 5.60 Å². The molecule has 4 aliphatic rings. The van der Waals surface area contributed by atoms with Crippen molar-refractivity contribution in [2.75, 3.05) is 5.88 Å². The lowest BCUT2D eigenvalue weighted by atomic mass is 9.41. The second-order valence-electron chi connectivity index (χ2n) is 10.2. The van der Waals surface area contributed by atoms with E-state index in [4.69, 9.17) is 11.6 Å². The Morgan fingerprint density at radius 2 is 1.77 bits per heavy atom. The van der Waals surface area contributed by atoms with Gasteiger partial charge in [-0.05, 0) is 85.4 Å². The van der Waals surface area contributed by atoms with Crippen LogP contribution in [0.3, 0.4) is 0 Å². The van der Waals surface area contributed by atoms with Crippen molar-refractivity contribution in [3.63, 3.8) is 0 Å². The van der Waals surface area contributed by atoms with Crippen LogP contribution in [-0.4, -0.2) is 16.6 Å². The summed E-state index contributed by atoms with van der Waals surface area (Å²) in [5.74, 6) is 2.62. The predicted molar refractivity (Wildman–Crippen MR) is 92.0 cm³/mol. The van der Waals surface area contributed by atoms with Crippen LogP contribution in [0.25, 0.3) is 0 Å². The first-order valence-corrected chi connectivity index (χ1v) is 10.1. The smallest absolute Gasteiger partial charge is 0.0816 e. The van der Waals surface area contributed by atoms with Gasteiger partial charge in [-0.2, -0.15) is 0 Å². The predicted octanol–water partition coefficient (Wildman–Crippen LogP) is 5.39. The molecule has 0 aromatic rings. The molecule has 6 atom stereocenters. The maximum atomic E-state index is 11.1. The third-order valence-electron chi connectivity index (χ3n) is 8.85. The molecule has 2 bridgehead atoms. The summed E-state index contributed by atoms with van der Waals surface area (Å²) in [6.45, 7) is 7.65. The average Bonchev–Trinajstić information content (AvgIpc) is 2.65. The van der Waals surface area contributed by atoms with Crippen molar-refractivity contribution in [2.24, 2.45) is 34.0 Å². The van der Waals surface area contributed by atoms with Gasteiger partial charge in [0, 0.05) is 0 Å². The fourth-order valence-corrected chi connectivity index (χ4v) is 8.42. The average molecular weight is 325 g/mol. The highest BCUT2D eigenvalue weighted by Crippen LogP contribution is 2.72. The van der Waals surface area contributed by atoms with Crippen LogP contribution < -0.4 is 0 Å². The molecule has 0 radical (unpaired) electrons. The van der Waals surface area contributed by atoms with Crippen LogP contribution in [0, 0.1) is 34.0 Å². The number of fused-ring (bicyclic) bond motifs is 3. The van der Waals surface area contributed by atoms with E-state index in [1.807, 2.05) is 0 Å². The second kappa shape index (κ2) is 4.66. The van der Waals surface area contributed by atoms with E-state index in [1.165, 1.54) is 51.4 Å². The molecule has 1 spiro atoms. The quantitative estimate of drug-likeness (QED) is 0.641.